The van der Waals surface area contributed by atoms with E-state index in [1.807, 2.05) is 0 Å². The number of hydrogen-bond donors (Lipinski definition) is 2. The molecule has 0 saturated carbocycles. The molecule has 0 aliphatic rings. The van der Waals surface area contributed by atoms with Crippen molar-refractivity contribution < 1.29 is 8.42 Å². The summed E-state index contributed by atoms with van der Waals surface area (Å²) >= 11 is 15.8. The van der Waals surface area contributed by atoms with E-state index in [1.54, 1.807) is 12.1 Å². The van der Waals surface area contributed by atoms with E-state index in [-0.39, 0.29) is 10.6 Å². The highest BCUT2D eigenvalue weighted by molar-refractivity contribution is 9.11. The molecule has 2 aromatic carbocycles. The molecule has 0 aromatic heterocycles. The number of rotatable bonds is 3. The van der Waals surface area contributed by atoms with E-state index < -0.39 is 10.0 Å². The van der Waals surface area contributed by atoms with Gasteiger partial charge in [0.15, 0.2) is 0 Å². The number of halogens is 4. The van der Waals surface area contributed by atoms with Crippen molar-refractivity contribution in [2.75, 3.05) is 10.5 Å². The Balaban J connectivity index is 2.44. The van der Waals surface area contributed by atoms with Crippen LogP contribution in [0.25, 0.3) is 0 Å². The quantitative estimate of drug-likeness (QED) is 0.561. The van der Waals surface area contributed by atoms with Crippen LogP contribution < -0.4 is 10.5 Å². The minimum atomic E-state index is -3.77. The zero-order chi connectivity index (χ0) is 15.8. The average molecular weight is 519 g/mol. The third-order valence-corrected chi connectivity index (χ3v) is 5.92. The normalized spacial score (nSPS) is 11.4. The van der Waals surface area contributed by atoms with Crippen LogP contribution in [0.1, 0.15) is 0 Å². The van der Waals surface area contributed by atoms with Crippen LogP contribution in [-0.4, -0.2) is 8.42 Å². The summed E-state index contributed by atoms with van der Waals surface area (Å²) in [5, 5.41) is 0.306. The third-order valence-electron chi connectivity index (χ3n) is 2.52. The molecular weight excluding hydrogens is 511 g/mol. The Bertz CT molecular complexity index is 789. The summed E-state index contributed by atoms with van der Waals surface area (Å²) in [6.45, 7) is 0. The van der Waals surface area contributed by atoms with E-state index >= 15 is 0 Å². The van der Waals surface area contributed by atoms with Crippen molar-refractivity contribution in [1.29, 1.82) is 0 Å². The first-order chi connectivity index (χ1) is 9.70. The minimum absolute atomic E-state index is 0.0334. The minimum Gasteiger partial charge on any atom is -0.397 e. The van der Waals surface area contributed by atoms with Crippen LogP contribution in [0.2, 0.25) is 5.02 Å². The van der Waals surface area contributed by atoms with Crippen LogP contribution in [0.4, 0.5) is 11.4 Å². The molecule has 21 heavy (non-hydrogen) atoms. The number of nitrogens with one attached hydrogen (secondary N) is 1. The van der Waals surface area contributed by atoms with Crippen LogP contribution in [0.3, 0.4) is 0 Å². The highest BCUT2D eigenvalue weighted by atomic mass is 79.9. The van der Waals surface area contributed by atoms with Gasteiger partial charge < -0.3 is 5.73 Å². The Kier molecular flexibility index (Phi) is 5.25. The Morgan fingerprint density at radius 3 is 2.14 bits per heavy atom. The SMILES string of the molecule is Nc1cc(S(=O)(=O)Nc2c(Br)cc(Br)cc2Br)ccc1Cl. The summed E-state index contributed by atoms with van der Waals surface area (Å²) in [7, 11) is -3.77. The van der Waals surface area contributed by atoms with E-state index in [0.717, 1.165) is 4.47 Å². The van der Waals surface area contributed by atoms with Crippen molar-refractivity contribution in [3.8, 4) is 0 Å². The fourth-order valence-corrected chi connectivity index (χ4v) is 5.49. The fraction of sp³-hybridized carbons (Fsp3) is 0. The van der Waals surface area contributed by atoms with E-state index in [9.17, 15) is 8.42 Å². The van der Waals surface area contributed by atoms with Gasteiger partial charge in [-0.25, -0.2) is 8.42 Å². The van der Waals surface area contributed by atoms with Gasteiger partial charge in [0.2, 0.25) is 0 Å². The summed E-state index contributed by atoms with van der Waals surface area (Å²) in [5.41, 5.74) is 6.24. The lowest BCUT2D eigenvalue weighted by Gasteiger charge is -2.13. The van der Waals surface area contributed by atoms with Gasteiger partial charge in [0, 0.05) is 13.4 Å². The first kappa shape index (κ1) is 17.1. The van der Waals surface area contributed by atoms with Crippen molar-refractivity contribution in [3.63, 3.8) is 0 Å². The Hall–Kier alpha value is -0.280. The summed E-state index contributed by atoms with van der Waals surface area (Å²) < 4.78 is 29.3. The number of sulfonamides is 1. The number of hydrogen-bond acceptors (Lipinski definition) is 3. The lowest BCUT2D eigenvalue weighted by molar-refractivity contribution is 0.601. The lowest BCUT2D eigenvalue weighted by atomic mass is 10.3. The Labute approximate surface area is 152 Å². The Morgan fingerprint density at radius 2 is 1.62 bits per heavy atom. The predicted molar refractivity (Wildman–Crippen MR) is 96.2 cm³/mol. The number of benzene rings is 2. The first-order valence-electron chi connectivity index (χ1n) is 5.43. The molecule has 0 bridgehead atoms. The van der Waals surface area contributed by atoms with Crippen LogP contribution in [-0.2, 0) is 10.0 Å². The van der Waals surface area contributed by atoms with Crippen molar-refractivity contribution in [3.05, 3.63) is 48.8 Å². The van der Waals surface area contributed by atoms with Crippen molar-refractivity contribution >= 4 is 80.8 Å². The summed E-state index contributed by atoms with van der Waals surface area (Å²) in [6, 6.07) is 7.61. The van der Waals surface area contributed by atoms with Gasteiger partial charge in [-0.15, -0.1) is 0 Å². The van der Waals surface area contributed by atoms with E-state index in [1.165, 1.54) is 18.2 Å². The highest BCUT2D eigenvalue weighted by Gasteiger charge is 2.18. The molecule has 0 fully saturated rings. The van der Waals surface area contributed by atoms with Gasteiger partial charge in [0.05, 0.1) is 21.3 Å². The van der Waals surface area contributed by atoms with Gasteiger partial charge >= 0.3 is 0 Å². The second-order valence-corrected chi connectivity index (χ2v) is 8.75. The topological polar surface area (TPSA) is 72.2 Å². The molecule has 112 valence electrons. The number of nitrogens with two attached hydrogens (primary N) is 1. The predicted octanol–water partition coefficient (Wildman–Crippen LogP) is 5.01. The van der Waals surface area contributed by atoms with Gasteiger partial charge in [-0.05, 0) is 62.2 Å². The van der Waals surface area contributed by atoms with Crippen LogP contribution in [0.5, 0.6) is 0 Å². The molecule has 2 rings (SSSR count). The second-order valence-electron chi connectivity index (χ2n) is 4.03. The van der Waals surface area contributed by atoms with Gasteiger partial charge in [0.25, 0.3) is 10.0 Å². The summed E-state index contributed by atoms with van der Waals surface area (Å²) in [4.78, 5) is 0.0334. The zero-order valence-corrected chi connectivity index (χ0v) is 16.5. The molecule has 0 saturated heterocycles. The molecule has 0 unspecified atom stereocenters. The Morgan fingerprint density at radius 1 is 1.05 bits per heavy atom. The molecule has 0 atom stereocenters. The molecule has 0 radical (unpaired) electrons. The molecular formula is C12H8Br3ClN2O2S. The highest BCUT2D eigenvalue weighted by Crippen LogP contribution is 2.36. The molecule has 0 spiro atoms. The van der Waals surface area contributed by atoms with Crippen LogP contribution in [0, 0.1) is 0 Å². The van der Waals surface area contributed by atoms with E-state index in [2.05, 4.69) is 52.5 Å². The van der Waals surface area contributed by atoms with Gasteiger partial charge in [0.1, 0.15) is 0 Å². The summed E-state index contributed by atoms with van der Waals surface area (Å²) in [5.74, 6) is 0. The maximum atomic E-state index is 12.4. The molecule has 4 nitrogen and oxygen atoms in total. The first-order valence-corrected chi connectivity index (χ1v) is 9.67. The van der Waals surface area contributed by atoms with Crippen LogP contribution >= 0.6 is 59.4 Å². The average Bonchev–Trinajstić information content (AvgIpc) is 2.37. The molecule has 3 N–H and O–H groups in total. The van der Waals surface area contributed by atoms with Crippen molar-refractivity contribution in [1.82, 2.24) is 0 Å². The van der Waals surface area contributed by atoms with E-state index in [4.69, 9.17) is 17.3 Å². The molecule has 9 heteroatoms. The largest absolute Gasteiger partial charge is 0.397 e. The summed E-state index contributed by atoms with van der Waals surface area (Å²) in [6.07, 6.45) is 0. The zero-order valence-electron chi connectivity index (χ0n) is 10.2. The van der Waals surface area contributed by atoms with Crippen molar-refractivity contribution in [2.24, 2.45) is 0 Å². The van der Waals surface area contributed by atoms with Gasteiger partial charge in [-0.1, -0.05) is 27.5 Å². The van der Waals surface area contributed by atoms with Gasteiger partial charge in [-0.2, -0.15) is 0 Å². The lowest BCUT2D eigenvalue weighted by Crippen LogP contribution is -2.14. The maximum Gasteiger partial charge on any atom is 0.262 e. The number of anilines is 2. The molecule has 0 aliphatic heterocycles. The molecule has 0 heterocycles. The second kappa shape index (κ2) is 6.45. The number of nitrogen functional groups attached to an aromatic ring is 1. The standard InChI is InChI=1S/C12H8Br3ClN2O2S/c13-6-3-8(14)12(9(15)4-6)18-21(19,20)7-1-2-10(16)11(17)5-7/h1-5,18H,17H2. The van der Waals surface area contributed by atoms with E-state index in [0.29, 0.717) is 19.7 Å². The molecule has 0 amide bonds. The third kappa shape index (κ3) is 3.92. The molecule has 0 aliphatic carbocycles. The van der Waals surface area contributed by atoms with Crippen LogP contribution in [0.15, 0.2) is 48.6 Å². The fourth-order valence-electron chi connectivity index (χ4n) is 1.52. The molecule has 2 aromatic rings. The maximum absolute atomic E-state index is 12.4. The smallest absolute Gasteiger partial charge is 0.262 e. The van der Waals surface area contributed by atoms with Gasteiger partial charge in [-0.3, -0.25) is 4.72 Å². The van der Waals surface area contributed by atoms with Crippen molar-refractivity contribution in [2.45, 2.75) is 4.90 Å². The monoisotopic (exact) mass is 516 g/mol.